The van der Waals surface area contributed by atoms with Gasteiger partial charge in [0.2, 0.25) is 0 Å². The van der Waals surface area contributed by atoms with Crippen molar-refractivity contribution >= 4 is 33.5 Å². The van der Waals surface area contributed by atoms with E-state index in [2.05, 4.69) is 85.8 Å². The lowest BCUT2D eigenvalue weighted by Crippen LogP contribution is -2.18. The Labute approximate surface area is 137 Å². The summed E-state index contributed by atoms with van der Waals surface area (Å²) in [6.45, 7) is 6.48. The molecule has 0 radical (unpaired) electrons. The Kier molecular flexibility index (Phi) is 6.97. The minimum Gasteiger partial charge on any atom is -0.206 e. The van der Waals surface area contributed by atoms with E-state index in [1.165, 1.54) is 22.0 Å². The van der Waals surface area contributed by atoms with Crippen LogP contribution in [-0.2, 0) is 0 Å². The molecule has 1 nitrogen and oxygen atoms in total. The third-order valence-corrected chi connectivity index (χ3v) is 6.40. The van der Waals surface area contributed by atoms with Crippen LogP contribution in [0.4, 0.5) is 0 Å². The summed E-state index contributed by atoms with van der Waals surface area (Å²) < 4.78 is 2.27. The van der Waals surface area contributed by atoms with Crippen LogP contribution >= 0.6 is 17.2 Å². The van der Waals surface area contributed by atoms with Crippen LogP contribution in [-0.4, -0.2) is 29.7 Å². The van der Waals surface area contributed by atoms with Gasteiger partial charge in [0.15, 0.2) is 11.4 Å². The van der Waals surface area contributed by atoms with Crippen molar-refractivity contribution in [1.82, 2.24) is 0 Å². The van der Waals surface area contributed by atoms with Gasteiger partial charge in [0.1, 0.15) is 7.05 Å². The van der Waals surface area contributed by atoms with Crippen molar-refractivity contribution in [2.24, 2.45) is 0 Å². The van der Waals surface area contributed by atoms with Crippen molar-refractivity contribution < 1.29 is 4.58 Å². The van der Waals surface area contributed by atoms with Gasteiger partial charge in [0.25, 0.3) is 0 Å². The van der Waals surface area contributed by atoms with E-state index < -0.39 is 0 Å². The molecule has 0 aliphatic heterocycles. The fraction of sp³-hybridized carbons (Fsp3) is 0.211. The predicted octanol–water partition coefficient (Wildman–Crippen LogP) is 3.61. The van der Waals surface area contributed by atoms with E-state index in [1.807, 2.05) is 0 Å². The molecule has 2 aromatic rings. The molecule has 2 aromatic carbocycles. The Morgan fingerprint density at radius 3 is 1.82 bits per heavy atom. The Morgan fingerprint density at radius 1 is 0.864 bits per heavy atom. The van der Waals surface area contributed by atoms with Gasteiger partial charge < -0.3 is 0 Å². The summed E-state index contributed by atoms with van der Waals surface area (Å²) in [6, 6.07) is 21.4. The average Bonchev–Trinajstić information content (AvgIpc) is 2.58. The molecule has 0 saturated heterocycles. The number of nitrogens with zero attached hydrogens (tertiary/aromatic N) is 1. The third kappa shape index (κ3) is 5.48. The van der Waals surface area contributed by atoms with Gasteiger partial charge in [-0.15, -0.1) is 0 Å². The van der Waals surface area contributed by atoms with E-state index in [0.29, 0.717) is 0 Å². The van der Waals surface area contributed by atoms with Gasteiger partial charge in [-0.1, -0.05) is 77.8 Å². The fourth-order valence-corrected chi connectivity index (χ4v) is 4.25. The van der Waals surface area contributed by atoms with Crippen LogP contribution in [0.3, 0.4) is 0 Å². The van der Waals surface area contributed by atoms with Gasteiger partial charge in [-0.2, -0.15) is 0 Å². The molecule has 0 saturated carbocycles. The molecule has 114 valence electrons. The second-order valence-corrected chi connectivity index (χ2v) is 7.87. The first-order chi connectivity index (χ1) is 10.7. The number of hydrogen-bond acceptors (Lipinski definition) is 0. The van der Waals surface area contributed by atoms with E-state index in [1.54, 1.807) is 0 Å². The van der Waals surface area contributed by atoms with Gasteiger partial charge in [0.05, 0.1) is 6.16 Å². The lowest BCUT2D eigenvalue weighted by molar-refractivity contribution is -0.442. The summed E-state index contributed by atoms with van der Waals surface area (Å²) >= 11 is 0. The van der Waals surface area contributed by atoms with Crippen molar-refractivity contribution in [2.45, 2.75) is 6.92 Å². The Bertz CT molecular complexity index is 633. The maximum absolute atomic E-state index is 4.26. The highest BCUT2D eigenvalue weighted by Gasteiger charge is 2.10. The summed E-state index contributed by atoms with van der Waals surface area (Å²) in [5, 5.41) is 2.83. The van der Waals surface area contributed by atoms with Crippen molar-refractivity contribution in [3.05, 3.63) is 72.9 Å². The second kappa shape index (κ2) is 8.99. The Balaban J connectivity index is 1.87. The largest absolute Gasteiger partial charge is 0.206 e. The van der Waals surface area contributed by atoms with E-state index in [4.69, 9.17) is 0 Å². The van der Waals surface area contributed by atoms with E-state index in [9.17, 15) is 0 Å². The van der Waals surface area contributed by atoms with Gasteiger partial charge in [-0.3, -0.25) is 0 Å². The second-order valence-electron chi connectivity index (χ2n) is 5.30. The minimum atomic E-state index is 0.793. The van der Waals surface area contributed by atoms with Crippen LogP contribution in [0, 0.1) is 0 Å². The van der Waals surface area contributed by atoms with Gasteiger partial charge in [-0.05, 0) is 17.2 Å². The van der Waals surface area contributed by atoms with Crippen molar-refractivity contribution in [1.29, 1.82) is 0 Å². The molecule has 2 atom stereocenters. The van der Waals surface area contributed by atoms with Crippen LogP contribution in [0.2, 0.25) is 0 Å². The maximum atomic E-state index is 4.26. The Hall–Kier alpha value is -1.29. The molecule has 0 N–H and O–H groups in total. The molecular formula is C19H24NP2+. The molecule has 0 heterocycles. The topological polar surface area (TPSA) is 3.01 Å². The highest BCUT2D eigenvalue weighted by Crippen LogP contribution is 2.15. The van der Waals surface area contributed by atoms with E-state index >= 15 is 0 Å². The molecule has 2 rings (SSSR count). The zero-order valence-electron chi connectivity index (χ0n) is 13.3. The molecule has 0 amide bonds. The number of rotatable bonds is 7. The van der Waals surface area contributed by atoms with Crippen LogP contribution in [0.15, 0.2) is 72.9 Å². The molecule has 0 aromatic heterocycles. The van der Waals surface area contributed by atoms with Crippen LogP contribution in [0.25, 0.3) is 0 Å². The maximum Gasteiger partial charge on any atom is 0.178 e. The summed E-state index contributed by atoms with van der Waals surface area (Å²) in [7, 11) is 3.76. The molecule has 3 heteroatoms. The van der Waals surface area contributed by atoms with Crippen LogP contribution in [0.5, 0.6) is 0 Å². The number of benzene rings is 2. The van der Waals surface area contributed by atoms with Crippen LogP contribution < -0.4 is 10.6 Å². The predicted molar refractivity (Wildman–Crippen MR) is 105 cm³/mol. The first kappa shape index (κ1) is 17.1. The van der Waals surface area contributed by atoms with Crippen molar-refractivity contribution in [3.8, 4) is 0 Å². The molecule has 0 spiro atoms. The smallest absolute Gasteiger partial charge is 0.178 e. The third-order valence-electron chi connectivity index (χ3n) is 3.64. The summed E-state index contributed by atoms with van der Waals surface area (Å²) in [4.78, 5) is 0. The lowest BCUT2D eigenvalue weighted by atomic mass is 10.4. The highest BCUT2D eigenvalue weighted by molar-refractivity contribution is 7.48. The van der Waals surface area contributed by atoms with Crippen molar-refractivity contribution in [3.63, 3.8) is 0 Å². The molecule has 2 unspecified atom stereocenters. The van der Waals surface area contributed by atoms with Gasteiger partial charge in [-0.25, -0.2) is 4.58 Å². The van der Waals surface area contributed by atoms with E-state index in [0.717, 1.165) is 29.5 Å². The summed E-state index contributed by atoms with van der Waals surface area (Å²) in [5.74, 6) is 0. The zero-order chi connectivity index (χ0) is 15.8. The van der Waals surface area contributed by atoms with Crippen molar-refractivity contribution in [2.75, 3.05) is 19.4 Å². The summed E-state index contributed by atoms with van der Waals surface area (Å²) in [5.41, 5.74) is 2.60. The highest BCUT2D eigenvalue weighted by atomic mass is 31.1. The van der Waals surface area contributed by atoms with Crippen LogP contribution in [0.1, 0.15) is 6.92 Å². The summed E-state index contributed by atoms with van der Waals surface area (Å²) in [6.07, 6.45) is 2.14. The molecule has 0 fully saturated rings. The normalized spacial score (nSPS) is 13.0. The Morgan fingerprint density at radius 2 is 1.32 bits per heavy atom. The molecule has 0 aliphatic carbocycles. The first-order valence-corrected chi connectivity index (χ1v) is 9.90. The molecule has 22 heavy (non-hydrogen) atoms. The quantitative estimate of drug-likeness (QED) is 0.415. The minimum absolute atomic E-state index is 0.793. The molecular weight excluding hydrogens is 304 g/mol. The monoisotopic (exact) mass is 328 g/mol. The van der Waals surface area contributed by atoms with Gasteiger partial charge >= 0.3 is 0 Å². The van der Waals surface area contributed by atoms with E-state index in [-0.39, 0.29) is 0 Å². The fourth-order valence-electron chi connectivity index (χ4n) is 2.05. The number of allylic oxidation sites excluding steroid dienone is 1. The number of hydrogen-bond donors (Lipinski definition) is 0. The molecule has 0 aliphatic rings. The lowest BCUT2D eigenvalue weighted by Gasteiger charge is -2.06. The average molecular weight is 328 g/mol. The first-order valence-electron chi connectivity index (χ1n) is 7.48. The van der Waals surface area contributed by atoms with Gasteiger partial charge in [0, 0.05) is 13.1 Å². The molecule has 0 bridgehead atoms. The zero-order valence-corrected chi connectivity index (χ0v) is 15.3. The standard InChI is InChI=1S/C19H24NP2/c1-16(14-21-18-10-6-4-7-11-18)20(3)17(2)15-22-19-12-8-5-9-13-19/h4-13,21-22H,1,14-15H2,2-3H3/q+1. The SMILES string of the molecule is C=C(CPc1ccccc1)[N+](C)=C(C)CPc1ccccc1.